The van der Waals surface area contributed by atoms with Crippen molar-refractivity contribution >= 4 is 11.6 Å². The lowest BCUT2D eigenvalue weighted by Crippen LogP contribution is -2.31. The zero-order chi connectivity index (χ0) is 12.0. The minimum atomic E-state index is -0.214. The maximum atomic E-state index is 13.3. The molecule has 0 heterocycles. The summed E-state index contributed by atoms with van der Waals surface area (Å²) in [6.07, 6.45) is 0. The Morgan fingerprint density at radius 2 is 2.06 bits per heavy atom. The van der Waals surface area contributed by atoms with Crippen LogP contribution in [0.1, 0.15) is 19.4 Å². The van der Waals surface area contributed by atoms with Crippen molar-refractivity contribution in [2.45, 2.75) is 26.4 Å². The Balaban J connectivity index is 2.29. The Labute approximate surface area is 101 Å². The van der Waals surface area contributed by atoms with E-state index in [-0.39, 0.29) is 5.82 Å². The topological polar surface area (TPSA) is 24.1 Å². The molecule has 0 aliphatic heterocycles. The summed E-state index contributed by atoms with van der Waals surface area (Å²) in [6.45, 7) is 6.38. The molecule has 4 heteroatoms. The van der Waals surface area contributed by atoms with Crippen LogP contribution in [-0.2, 0) is 6.54 Å². The van der Waals surface area contributed by atoms with Crippen LogP contribution in [0.5, 0.6) is 0 Å². The summed E-state index contributed by atoms with van der Waals surface area (Å²) < 4.78 is 13.3. The molecule has 0 unspecified atom stereocenters. The average molecular weight is 245 g/mol. The third-order valence-electron chi connectivity index (χ3n) is 2.18. The maximum Gasteiger partial charge on any atom is 0.127 e. The standard InChI is InChI=1S/C12H18ClFN2/c1-9(2)16-6-5-15-8-10-7-11(13)3-4-12(10)14/h3-4,7,9,15-16H,5-6,8H2,1-2H3. The Morgan fingerprint density at radius 1 is 1.31 bits per heavy atom. The first kappa shape index (κ1) is 13.4. The third kappa shape index (κ3) is 4.92. The van der Waals surface area contributed by atoms with Gasteiger partial charge in [0, 0.05) is 36.3 Å². The van der Waals surface area contributed by atoms with Gasteiger partial charge in [0.25, 0.3) is 0 Å². The van der Waals surface area contributed by atoms with E-state index in [1.165, 1.54) is 6.07 Å². The fourth-order valence-corrected chi connectivity index (χ4v) is 1.55. The molecule has 0 radical (unpaired) electrons. The number of nitrogens with one attached hydrogen (secondary N) is 2. The number of rotatable bonds is 6. The van der Waals surface area contributed by atoms with Gasteiger partial charge in [-0.2, -0.15) is 0 Å². The van der Waals surface area contributed by atoms with Crippen molar-refractivity contribution in [2.24, 2.45) is 0 Å². The predicted octanol–water partition coefficient (Wildman–Crippen LogP) is 2.57. The van der Waals surface area contributed by atoms with Gasteiger partial charge >= 0.3 is 0 Å². The second kappa shape index (κ2) is 6.84. The van der Waals surface area contributed by atoms with E-state index in [1.807, 2.05) is 0 Å². The van der Waals surface area contributed by atoms with Gasteiger partial charge in [-0.15, -0.1) is 0 Å². The molecular weight excluding hydrogens is 227 g/mol. The molecule has 90 valence electrons. The molecular formula is C12H18ClFN2. The Bertz CT molecular complexity index is 329. The van der Waals surface area contributed by atoms with Gasteiger partial charge < -0.3 is 10.6 Å². The van der Waals surface area contributed by atoms with Crippen LogP contribution in [0.25, 0.3) is 0 Å². The molecule has 0 aliphatic carbocycles. The largest absolute Gasteiger partial charge is 0.313 e. The molecule has 2 nitrogen and oxygen atoms in total. The second-order valence-electron chi connectivity index (χ2n) is 4.02. The van der Waals surface area contributed by atoms with Crippen molar-refractivity contribution in [1.29, 1.82) is 0 Å². The minimum Gasteiger partial charge on any atom is -0.313 e. The van der Waals surface area contributed by atoms with E-state index in [0.717, 1.165) is 13.1 Å². The molecule has 0 amide bonds. The van der Waals surface area contributed by atoms with Gasteiger partial charge in [-0.1, -0.05) is 25.4 Å². The molecule has 0 saturated heterocycles. The van der Waals surface area contributed by atoms with E-state index in [0.29, 0.717) is 23.2 Å². The maximum absolute atomic E-state index is 13.3. The van der Waals surface area contributed by atoms with Crippen molar-refractivity contribution in [3.05, 3.63) is 34.6 Å². The fourth-order valence-electron chi connectivity index (χ4n) is 1.35. The van der Waals surface area contributed by atoms with Crippen molar-refractivity contribution in [2.75, 3.05) is 13.1 Å². The molecule has 0 bridgehead atoms. The van der Waals surface area contributed by atoms with Crippen molar-refractivity contribution in [3.63, 3.8) is 0 Å². The second-order valence-corrected chi connectivity index (χ2v) is 4.46. The summed E-state index contributed by atoms with van der Waals surface area (Å²) in [6, 6.07) is 5.08. The lowest BCUT2D eigenvalue weighted by atomic mass is 10.2. The quantitative estimate of drug-likeness (QED) is 0.752. The Morgan fingerprint density at radius 3 is 2.75 bits per heavy atom. The molecule has 16 heavy (non-hydrogen) atoms. The summed E-state index contributed by atoms with van der Waals surface area (Å²) in [5.41, 5.74) is 0.608. The monoisotopic (exact) mass is 244 g/mol. The summed E-state index contributed by atoms with van der Waals surface area (Å²) in [4.78, 5) is 0. The highest BCUT2D eigenvalue weighted by atomic mass is 35.5. The highest BCUT2D eigenvalue weighted by Gasteiger charge is 2.02. The zero-order valence-electron chi connectivity index (χ0n) is 9.69. The number of hydrogen-bond donors (Lipinski definition) is 2. The molecule has 1 aromatic carbocycles. The highest BCUT2D eigenvalue weighted by Crippen LogP contribution is 2.14. The SMILES string of the molecule is CC(C)NCCNCc1cc(Cl)ccc1F. The lowest BCUT2D eigenvalue weighted by Gasteiger charge is -2.09. The molecule has 0 aromatic heterocycles. The number of hydrogen-bond acceptors (Lipinski definition) is 2. The predicted molar refractivity (Wildman–Crippen MR) is 66.3 cm³/mol. The minimum absolute atomic E-state index is 0.214. The van der Waals surface area contributed by atoms with Crippen LogP contribution < -0.4 is 10.6 Å². The third-order valence-corrected chi connectivity index (χ3v) is 2.41. The van der Waals surface area contributed by atoms with Gasteiger partial charge in [-0.25, -0.2) is 4.39 Å². The molecule has 1 aromatic rings. The first-order valence-electron chi connectivity index (χ1n) is 5.47. The average Bonchev–Trinajstić information content (AvgIpc) is 2.22. The van der Waals surface area contributed by atoms with Crippen LogP contribution in [0.2, 0.25) is 5.02 Å². The van der Waals surface area contributed by atoms with E-state index in [4.69, 9.17) is 11.6 Å². The Kier molecular flexibility index (Phi) is 5.74. The molecule has 2 N–H and O–H groups in total. The van der Waals surface area contributed by atoms with Gasteiger partial charge in [0.15, 0.2) is 0 Å². The molecule has 1 rings (SSSR count). The van der Waals surface area contributed by atoms with Crippen molar-refractivity contribution < 1.29 is 4.39 Å². The molecule has 0 saturated carbocycles. The fraction of sp³-hybridized carbons (Fsp3) is 0.500. The van der Waals surface area contributed by atoms with Gasteiger partial charge in [-0.05, 0) is 18.2 Å². The number of halogens is 2. The van der Waals surface area contributed by atoms with Crippen LogP contribution in [0.4, 0.5) is 4.39 Å². The van der Waals surface area contributed by atoms with Crippen LogP contribution in [0.3, 0.4) is 0 Å². The Hall–Kier alpha value is -0.640. The molecule has 0 spiro atoms. The molecule has 0 fully saturated rings. The lowest BCUT2D eigenvalue weighted by molar-refractivity contribution is 0.544. The first-order chi connectivity index (χ1) is 7.59. The first-order valence-corrected chi connectivity index (χ1v) is 5.85. The van der Waals surface area contributed by atoms with Gasteiger partial charge in [0.05, 0.1) is 0 Å². The molecule has 0 atom stereocenters. The zero-order valence-corrected chi connectivity index (χ0v) is 10.4. The normalized spacial score (nSPS) is 11.1. The van der Waals surface area contributed by atoms with Crippen LogP contribution in [-0.4, -0.2) is 19.1 Å². The van der Waals surface area contributed by atoms with Crippen molar-refractivity contribution in [1.82, 2.24) is 10.6 Å². The summed E-state index contributed by atoms with van der Waals surface area (Å²) in [5, 5.41) is 7.01. The summed E-state index contributed by atoms with van der Waals surface area (Å²) >= 11 is 5.79. The van der Waals surface area contributed by atoms with E-state index >= 15 is 0 Å². The van der Waals surface area contributed by atoms with E-state index in [2.05, 4.69) is 24.5 Å². The van der Waals surface area contributed by atoms with Gasteiger partial charge in [-0.3, -0.25) is 0 Å². The smallest absolute Gasteiger partial charge is 0.127 e. The van der Waals surface area contributed by atoms with Crippen LogP contribution in [0.15, 0.2) is 18.2 Å². The highest BCUT2D eigenvalue weighted by molar-refractivity contribution is 6.30. The van der Waals surface area contributed by atoms with Crippen LogP contribution in [0, 0.1) is 5.82 Å². The summed E-state index contributed by atoms with van der Waals surface area (Å²) in [7, 11) is 0. The van der Waals surface area contributed by atoms with Crippen LogP contribution >= 0.6 is 11.6 Å². The van der Waals surface area contributed by atoms with E-state index in [1.54, 1.807) is 12.1 Å². The summed E-state index contributed by atoms with van der Waals surface area (Å²) in [5.74, 6) is -0.214. The van der Waals surface area contributed by atoms with Crippen molar-refractivity contribution in [3.8, 4) is 0 Å². The number of benzene rings is 1. The molecule has 0 aliphatic rings. The van der Waals surface area contributed by atoms with Gasteiger partial charge in [0.1, 0.15) is 5.82 Å². The van der Waals surface area contributed by atoms with E-state index < -0.39 is 0 Å². The van der Waals surface area contributed by atoms with Gasteiger partial charge in [0.2, 0.25) is 0 Å². The van der Waals surface area contributed by atoms with E-state index in [9.17, 15) is 4.39 Å².